The van der Waals surface area contributed by atoms with E-state index in [1.165, 1.54) is 0 Å². The fourth-order valence-electron chi connectivity index (χ4n) is 2.43. The molecule has 0 aliphatic rings. The third-order valence-corrected chi connectivity index (χ3v) is 3.71. The molecule has 3 N–H and O–H groups in total. The highest BCUT2D eigenvalue weighted by Gasteiger charge is 2.02. The molecule has 1 aromatic carbocycles. The maximum atomic E-state index is 4.62. The summed E-state index contributed by atoms with van der Waals surface area (Å²) in [7, 11) is 0. The minimum Gasteiger partial charge on any atom is -0.385 e. The van der Waals surface area contributed by atoms with Gasteiger partial charge in [0.15, 0.2) is 5.96 Å². The van der Waals surface area contributed by atoms with E-state index in [-0.39, 0.29) is 24.0 Å². The molecule has 0 saturated carbocycles. The van der Waals surface area contributed by atoms with E-state index in [1.807, 2.05) is 18.2 Å². The molecule has 0 unspecified atom stereocenters. The first-order valence-corrected chi connectivity index (χ1v) is 9.01. The summed E-state index contributed by atoms with van der Waals surface area (Å²) in [4.78, 5) is 4.62. The maximum absolute atomic E-state index is 4.62. The zero-order valence-electron chi connectivity index (χ0n) is 15.6. The van der Waals surface area contributed by atoms with Crippen molar-refractivity contribution in [2.24, 2.45) is 4.99 Å². The average Bonchev–Trinajstić information content (AvgIpc) is 3.10. The lowest BCUT2D eigenvalue weighted by Gasteiger charge is -2.12. The van der Waals surface area contributed by atoms with Gasteiger partial charge in [0.05, 0.1) is 0 Å². The van der Waals surface area contributed by atoms with Gasteiger partial charge in [-0.25, -0.2) is 0 Å². The number of aromatic nitrogens is 3. The monoisotopic (exact) mass is 471 g/mol. The fourth-order valence-corrected chi connectivity index (χ4v) is 2.43. The summed E-state index contributed by atoms with van der Waals surface area (Å²) >= 11 is 0. The molecule has 0 amide bonds. The van der Waals surface area contributed by atoms with Crippen molar-refractivity contribution < 1.29 is 0 Å². The van der Waals surface area contributed by atoms with Crippen molar-refractivity contribution in [1.82, 2.24) is 25.4 Å². The van der Waals surface area contributed by atoms with Gasteiger partial charge in [0, 0.05) is 44.8 Å². The van der Waals surface area contributed by atoms with Crippen molar-refractivity contribution in [2.45, 2.75) is 33.2 Å². The predicted molar refractivity (Wildman–Crippen MR) is 118 cm³/mol. The minimum absolute atomic E-state index is 0. The molecule has 2 aromatic rings. The zero-order chi connectivity index (χ0) is 17.7. The molecule has 0 saturated heterocycles. The van der Waals surface area contributed by atoms with Gasteiger partial charge in [-0.15, -0.1) is 34.2 Å². The van der Waals surface area contributed by atoms with Gasteiger partial charge in [-0.3, -0.25) is 4.99 Å². The number of para-hydroxylation sites is 1. The molecule has 8 heteroatoms. The zero-order valence-corrected chi connectivity index (χ0v) is 17.9. The number of aryl methyl sites for hydroxylation is 1. The van der Waals surface area contributed by atoms with Crippen LogP contribution in [0.5, 0.6) is 0 Å². The Bertz CT molecular complexity index is 627. The van der Waals surface area contributed by atoms with E-state index in [2.05, 4.69) is 61.7 Å². The van der Waals surface area contributed by atoms with Crippen LogP contribution < -0.4 is 16.0 Å². The lowest BCUT2D eigenvalue weighted by Crippen LogP contribution is -2.39. The molecule has 1 heterocycles. The fraction of sp³-hybridized carbons (Fsp3) is 0.500. The minimum atomic E-state index is 0. The number of halogens is 1. The number of nitrogens with zero attached hydrogens (tertiary/aromatic N) is 4. The molecule has 7 nitrogen and oxygen atoms in total. The van der Waals surface area contributed by atoms with Gasteiger partial charge in [-0.2, -0.15) is 0 Å². The van der Waals surface area contributed by atoms with E-state index in [0.717, 1.165) is 63.0 Å². The Balaban J connectivity index is 0.00000338. The number of hydrogen-bond donors (Lipinski definition) is 3. The van der Waals surface area contributed by atoms with Crippen LogP contribution in [0.2, 0.25) is 0 Å². The van der Waals surface area contributed by atoms with E-state index >= 15 is 0 Å². The molecule has 0 spiro atoms. The Morgan fingerprint density at radius 2 is 1.92 bits per heavy atom. The molecule has 0 atom stereocenters. The largest absolute Gasteiger partial charge is 0.385 e. The smallest absolute Gasteiger partial charge is 0.191 e. The predicted octanol–water partition coefficient (Wildman–Crippen LogP) is 2.52. The van der Waals surface area contributed by atoms with Gasteiger partial charge < -0.3 is 20.5 Å². The molecule has 26 heavy (non-hydrogen) atoms. The number of aliphatic imine (C=N–C) groups is 1. The lowest BCUT2D eigenvalue weighted by molar-refractivity contribution is 0.632. The molecule has 0 fully saturated rings. The SMILES string of the molecule is CCNC(=NCCCNc1ccccc1)NCCn1cnnc1CC.I. The normalized spacial score (nSPS) is 10.9. The summed E-state index contributed by atoms with van der Waals surface area (Å²) in [6.07, 6.45) is 3.65. The highest BCUT2D eigenvalue weighted by molar-refractivity contribution is 14.0. The first-order valence-electron chi connectivity index (χ1n) is 9.01. The van der Waals surface area contributed by atoms with Gasteiger partial charge in [-0.1, -0.05) is 25.1 Å². The van der Waals surface area contributed by atoms with Crippen LogP contribution in [0.3, 0.4) is 0 Å². The number of hydrogen-bond acceptors (Lipinski definition) is 4. The first kappa shape index (κ1) is 22.2. The number of benzene rings is 1. The molecule has 0 aliphatic carbocycles. The Morgan fingerprint density at radius 1 is 1.12 bits per heavy atom. The Kier molecular flexibility index (Phi) is 11.4. The van der Waals surface area contributed by atoms with Crippen LogP contribution in [0.25, 0.3) is 0 Å². The van der Waals surface area contributed by atoms with Crippen LogP contribution in [0.1, 0.15) is 26.1 Å². The number of rotatable bonds is 10. The number of guanidine groups is 1. The Hall–Kier alpha value is -1.84. The highest BCUT2D eigenvalue weighted by Crippen LogP contribution is 2.04. The molecule has 144 valence electrons. The van der Waals surface area contributed by atoms with Crippen molar-refractivity contribution in [3.63, 3.8) is 0 Å². The van der Waals surface area contributed by atoms with E-state index < -0.39 is 0 Å². The summed E-state index contributed by atoms with van der Waals surface area (Å²) in [6.45, 7) is 8.32. The van der Waals surface area contributed by atoms with Gasteiger partial charge in [-0.05, 0) is 25.5 Å². The summed E-state index contributed by atoms with van der Waals surface area (Å²) < 4.78 is 2.07. The summed E-state index contributed by atoms with van der Waals surface area (Å²) in [5.41, 5.74) is 1.15. The van der Waals surface area contributed by atoms with Crippen molar-refractivity contribution >= 4 is 35.6 Å². The van der Waals surface area contributed by atoms with E-state index in [9.17, 15) is 0 Å². The standard InChI is InChI=1S/C18H29N7.HI/c1-3-17-24-23-15-25(17)14-13-22-18(19-4-2)21-12-8-11-20-16-9-6-5-7-10-16;/h5-7,9-10,15,20H,3-4,8,11-14H2,1-2H3,(H2,19,21,22);1H. The Labute approximate surface area is 173 Å². The van der Waals surface area contributed by atoms with Crippen LogP contribution in [-0.4, -0.2) is 46.9 Å². The quantitative estimate of drug-likeness (QED) is 0.215. The first-order chi connectivity index (χ1) is 12.3. The van der Waals surface area contributed by atoms with Crippen LogP contribution >= 0.6 is 24.0 Å². The van der Waals surface area contributed by atoms with Crippen LogP contribution in [0, 0.1) is 0 Å². The second-order valence-corrected chi connectivity index (χ2v) is 5.63. The van der Waals surface area contributed by atoms with Crippen molar-refractivity contribution in [1.29, 1.82) is 0 Å². The lowest BCUT2D eigenvalue weighted by atomic mass is 10.3. The molecule has 2 rings (SSSR count). The second kappa shape index (κ2) is 13.4. The summed E-state index contributed by atoms with van der Waals surface area (Å²) in [5, 5.41) is 18.1. The third kappa shape index (κ3) is 8.03. The van der Waals surface area contributed by atoms with Crippen molar-refractivity contribution in [2.75, 3.05) is 31.5 Å². The molecule has 1 aromatic heterocycles. The van der Waals surface area contributed by atoms with Crippen molar-refractivity contribution in [3.05, 3.63) is 42.5 Å². The van der Waals surface area contributed by atoms with Gasteiger partial charge in [0.25, 0.3) is 0 Å². The number of nitrogens with one attached hydrogen (secondary N) is 3. The van der Waals surface area contributed by atoms with Crippen molar-refractivity contribution in [3.8, 4) is 0 Å². The maximum Gasteiger partial charge on any atom is 0.191 e. The summed E-state index contributed by atoms with van der Waals surface area (Å²) in [6, 6.07) is 10.2. The van der Waals surface area contributed by atoms with Gasteiger partial charge in [0.1, 0.15) is 12.2 Å². The average molecular weight is 471 g/mol. The van der Waals surface area contributed by atoms with E-state index in [1.54, 1.807) is 6.33 Å². The van der Waals surface area contributed by atoms with Crippen LogP contribution in [-0.2, 0) is 13.0 Å². The third-order valence-electron chi connectivity index (χ3n) is 3.71. The molecular formula is C18H30IN7. The van der Waals surface area contributed by atoms with Gasteiger partial charge in [0.2, 0.25) is 0 Å². The van der Waals surface area contributed by atoms with Gasteiger partial charge >= 0.3 is 0 Å². The summed E-state index contributed by atoms with van der Waals surface area (Å²) in [5.74, 6) is 1.86. The Morgan fingerprint density at radius 3 is 2.65 bits per heavy atom. The van der Waals surface area contributed by atoms with Crippen LogP contribution in [0.4, 0.5) is 5.69 Å². The second-order valence-electron chi connectivity index (χ2n) is 5.63. The molecular weight excluding hydrogens is 441 g/mol. The topological polar surface area (TPSA) is 79.2 Å². The molecule has 0 aliphatic heterocycles. The molecule has 0 bridgehead atoms. The van der Waals surface area contributed by atoms with Crippen LogP contribution in [0.15, 0.2) is 41.7 Å². The number of anilines is 1. The van der Waals surface area contributed by atoms with E-state index in [4.69, 9.17) is 0 Å². The molecule has 0 radical (unpaired) electrons. The highest BCUT2D eigenvalue weighted by atomic mass is 127. The van der Waals surface area contributed by atoms with E-state index in [0.29, 0.717) is 0 Å².